The lowest BCUT2D eigenvalue weighted by atomic mass is 10.1. The molecule has 7 nitrogen and oxygen atoms in total. The van der Waals surface area contributed by atoms with Gasteiger partial charge in [-0.3, -0.25) is 14.9 Å². The number of nitro groups is 1. The van der Waals surface area contributed by atoms with Crippen molar-refractivity contribution in [3.8, 4) is 17.0 Å². The largest absolute Gasteiger partial charge is 0.502 e. The second-order valence-electron chi connectivity index (χ2n) is 4.83. The summed E-state index contributed by atoms with van der Waals surface area (Å²) in [7, 11) is 0. The highest BCUT2D eigenvalue weighted by Crippen LogP contribution is 2.31. The van der Waals surface area contributed by atoms with Crippen molar-refractivity contribution in [3.63, 3.8) is 0 Å². The lowest BCUT2D eigenvalue weighted by Crippen LogP contribution is -1.94. The molecule has 1 heterocycles. The van der Waals surface area contributed by atoms with Gasteiger partial charge in [-0.1, -0.05) is 6.07 Å². The van der Waals surface area contributed by atoms with Crippen LogP contribution in [0.15, 0.2) is 48.5 Å². The summed E-state index contributed by atoms with van der Waals surface area (Å²) in [6, 6.07) is 12.9. The number of fused-ring (bicyclic) bond motifs is 1. The molecule has 0 aliphatic carbocycles. The van der Waals surface area contributed by atoms with Crippen LogP contribution in [0.2, 0.25) is 0 Å². The lowest BCUT2D eigenvalue weighted by Gasteiger charge is -2.06. The highest BCUT2D eigenvalue weighted by atomic mass is 16.6. The summed E-state index contributed by atoms with van der Waals surface area (Å²) < 4.78 is 0. The van der Waals surface area contributed by atoms with Crippen LogP contribution in [0.5, 0.6) is 5.75 Å². The van der Waals surface area contributed by atoms with Gasteiger partial charge in [0.2, 0.25) is 6.41 Å². The number of pyridine rings is 1. The number of aromatic nitrogens is 1. The summed E-state index contributed by atoms with van der Waals surface area (Å²) >= 11 is 0. The van der Waals surface area contributed by atoms with Crippen molar-refractivity contribution in [3.05, 3.63) is 58.6 Å². The Labute approximate surface area is 130 Å². The van der Waals surface area contributed by atoms with Gasteiger partial charge in [-0.25, -0.2) is 4.98 Å². The molecule has 1 amide bonds. The topological polar surface area (TPSA) is 105 Å². The normalized spacial score (nSPS) is 10.4. The molecule has 114 valence electrons. The summed E-state index contributed by atoms with van der Waals surface area (Å²) in [6.45, 7) is 0. The Morgan fingerprint density at radius 3 is 2.65 bits per heavy atom. The number of rotatable bonds is 4. The molecule has 0 bridgehead atoms. The highest BCUT2D eigenvalue weighted by molar-refractivity contribution is 5.87. The summed E-state index contributed by atoms with van der Waals surface area (Å²) in [6.07, 6.45) is 0.600. The van der Waals surface area contributed by atoms with E-state index >= 15 is 0 Å². The molecule has 2 aromatic carbocycles. The molecule has 23 heavy (non-hydrogen) atoms. The number of nitrogens with zero attached hydrogens (tertiary/aromatic N) is 2. The molecule has 0 saturated heterocycles. The van der Waals surface area contributed by atoms with Gasteiger partial charge >= 0.3 is 5.69 Å². The maximum absolute atomic E-state index is 10.7. The fraction of sp³-hybridized carbons (Fsp3) is 0. The van der Waals surface area contributed by atoms with Crippen molar-refractivity contribution in [2.24, 2.45) is 0 Å². The number of phenols is 1. The maximum atomic E-state index is 10.7. The molecule has 0 aliphatic heterocycles. The Kier molecular flexibility index (Phi) is 3.60. The summed E-state index contributed by atoms with van der Waals surface area (Å²) in [5, 5.41) is 23.9. The van der Waals surface area contributed by atoms with Gasteiger partial charge < -0.3 is 10.4 Å². The van der Waals surface area contributed by atoms with Crippen LogP contribution in [-0.4, -0.2) is 21.4 Å². The zero-order valence-corrected chi connectivity index (χ0v) is 11.8. The third-order valence-corrected chi connectivity index (χ3v) is 3.38. The predicted octanol–water partition coefficient (Wildman–Crippen LogP) is 3.08. The van der Waals surface area contributed by atoms with E-state index in [1.807, 2.05) is 6.07 Å². The molecule has 7 heteroatoms. The minimum absolute atomic E-state index is 0.348. The standard InChI is InChI=1S/C16H11N3O4/c20-9-17-12-3-5-14-10(7-12)1-4-13(18-14)11-2-6-15(19(22)23)16(21)8-11/h1-9,21H,(H,17,20). The van der Waals surface area contributed by atoms with Gasteiger partial charge in [-0.05, 0) is 36.4 Å². The molecule has 0 spiro atoms. The van der Waals surface area contributed by atoms with Gasteiger partial charge in [0, 0.05) is 22.7 Å². The first kappa shape index (κ1) is 14.5. The van der Waals surface area contributed by atoms with E-state index in [0.717, 1.165) is 5.39 Å². The third kappa shape index (κ3) is 2.80. The smallest absolute Gasteiger partial charge is 0.310 e. The quantitative estimate of drug-likeness (QED) is 0.437. The van der Waals surface area contributed by atoms with Crippen LogP contribution in [0, 0.1) is 10.1 Å². The molecular weight excluding hydrogens is 298 g/mol. The minimum Gasteiger partial charge on any atom is -0.502 e. The molecule has 0 fully saturated rings. The van der Waals surface area contributed by atoms with Gasteiger partial charge in [0.25, 0.3) is 0 Å². The number of nitrogens with one attached hydrogen (secondary N) is 1. The number of carbonyl (C=O) groups is 1. The van der Waals surface area contributed by atoms with Crippen LogP contribution in [0.4, 0.5) is 11.4 Å². The van der Waals surface area contributed by atoms with Crippen molar-refractivity contribution in [1.29, 1.82) is 0 Å². The average Bonchev–Trinajstić information content (AvgIpc) is 2.54. The van der Waals surface area contributed by atoms with E-state index in [1.54, 1.807) is 24.3 Å². The number of amides is 1. The average molecular weight is 309 g/mol. The Hall–Kier alpha value is -3.48. The molecule has 0 aliphatic rings. The Bertz CT molecular complexity index is 924. The van der Waals surface area contributed by atoms with Gasteiger partial charge in [0.1, 0.15) is 0 Å². The van der Waals surface area contributed by atoms with Crippen molar-refractivity contribution in [1.82, 2.24) is 4.98 Å². The first-order valence-corrected chi connectivity index (χ1v) is 6.67. The molecule has 3 aromatic rings. The monoisotopic (exact) mass is 309 g/mol. The van der Waals surface area contributed by atoms with E-state index in [0.29, 0.717) is 28.9 Å². The van der Waals surface area contributed by atoms with Crippen LogP contribution >= 0.6 is 0 Å². The van der Waals surface area contributed by atoms with Gasteiger partial charge in [0.15, 0.2) is 5.75 Å². The van der Waals surface area contributed by atoms with Crippen molar-refractivity contribution in [2.75, 3.05) is 5.32 Å². The number of carbonyl (C=O) groups excluding carboxylic acids is 1. The van der Waals surface area contributed by atoms with E-state index in [1.165, 1.54) is 18.2 Å². The molecule has 0 radical (unpaired) electrons. The minimum atomic E-state index is -0.644. The van der Waals surface area contributed by atoms with Crippen molar-refractivity contribution in [2.45, 2.75) is 0 Å². The van der Waals surface area contributed by atoms with E-state index in [-0.39, 0.29) is 5.69 Å². The van der Waals surface area contributed by atoms with E-state index in [4.69, 9.17) is 0 Å². The Balaban J connectivity index is 2.03. The van der Waals surface area contributed by atoms with Crippen molar-refractivity contribution >= 4 is 28.7 Å². The second kappa shape index (κ2) is 5.72. The number of anilines is 1. The number of nitro benzene ring substituents is 1. The molecular formula is C16H11N3O4. The van der Waals surface area contributed by atoms with Crippen LogP contribution in [-0.2, 0) is 4.79 Å². The fourth-order valence-corrected chi connectivity index (χ4v) is 2.28. The summed E-state index contributed by atoms with van der Waals surface area (Å²) in [5.74, 6) is -0.403. The Morgan fingerprint density at radius 2 is 1.96 bits per heavy atom. The van der Waals surface area contributed by atoms with Crippen LogP contribution in [0.25, 0.3) is 22.2 Å². The van der Waals surface area contributed by atoms with E-state index in [2.05, 4.69) is 10.3 Å². The third-order valence-electron chi connectivity index (χ3n) is 3.38. The molecule has 2 N–H and O–H groups in total. The van der Waals surface area contributed by atoms with Crippen LogP contribution in [0.1, 0.15) is 0 Å². The highest BCUT2D eigenvalue weighted by Gasteiger charge is 2.14. The maximum Gasteiger partial charge on any atom is 0.310 e. The predicted molar refractivity (Wildman–Crippen MR) is 85.2 cm³/mol. The number of hydrogen-bond acceptors (Lipinski definition) is 5. The number of hydrogen-bond donors (Lipinski definition) is 2. The molecule has 0 atom stereocenters. The summed E-state index contributed by atoms with van der Waals surface area (Å²) in [4.78, 5) is 25.0. The van der Waals surface area contributed by atoms with Gasteiger partial charge in [-0.15, -0.1) is 0 Å². The lowest BCUT2D eigenvalue weighted by molar-refractivity contribution is -0.385. The van der Waals surface area contributed by atoms with E-state index < -0.39 is 10.7 Å². The molecule has 0 unspecified atom stereocenters. The van der Waals surface area contributed by atoms with Crippen molar-refractivity contribution < 1.29 is 14.8 Å². The number of phenolic OH excluding ortho intramolecular Hbond substituents is 1. The van der Waals surface area contributed by atoms with Gasteiger partial charge in [0.05, 0.1) is 16.1 Å². The Morgan fingerprint density at radius 1 is 1.13 bits per heavy atom. The zero-order chi connectivity index (χ0) is 16.4. The SMILES string of the molecule is O=CNc1ccc2nc(-c3ccc([N+](=O)[O-])c(O)c3)ccc2c1. The number of aromatic hydroxyl groups is 1. The number of benzene rings is 2. The fourth-order valence-electron chi connectivity index (χ4n) is 2.28. The van der Waals surface area contributed by atoms with Crippen LogP contribution in [0.3, 0.4) is 0 Å². The second-order valence-corrected chi connectivity index (χ2v) is 4.83. The first-order valence-electron chi connectivity index (χ1n) is 6.67. The summed E-state index contributed by atoms with van der Waals surface area (Å²) in [5.41, 5.74) is 2.18. The van der Waals surface area contributed by atoms with E-state index in [9.17, 15) is 20.0 Å². The molecule has 3 rings (SSSR count). The first-order chi connectivity index (χ1) is 11.1. The van der Waals surface area contributed by atoms with Gasteiger partial charge in [-0.2, -0.15) is 0 Å². The van der Waals surface area contributed by atoms with Crippen LogP contribution < -0.4 is 5.32 Å². The molecule has 1 aromatic heterocycles. The molecule has 0 saturated carbocycles. The zero-order valence-electron chi connectivity index (χ0n) is 11.8.